The zero-order valence-corrected chi connectivity index (χ0v) is 26.2. The molecule has 42 heavy (non-hydrogen) atoms. The van der Waals surface area contributed by atoms with E-state index < -0.39 is 16.1 Å². The van der Waals surface area contributed by atoms with Gasteiger partial charge in [-0.1, -0.05) is 60.1 Å². The third-order valence-corrected chi connectivity index (χ3v) is 8.15. The Labute approximate surface area is 254 Å². The van der Waals surface area contributed by atoms with Crippen molar-refractivity contribution >= 4 is 39.1 Å². The summed E-state index contributed by atoms with van der Waals surface area (Å²) >= 11 is 6.48. The minimum atomic E-state index is -3.61. The lowest BCUT2D eigenvalue weighted by Crippen LogP contribution is -2.51. The van der Waals surface area contributed by atoms with Crippen molar-refractivity contribution in [1.29, 1.82) is 0 Å². The number of nitrogens with one attached hydrogen (secondary N) is 1. The number of benzene rings is 3. The lowest BCUT2D eigenvalue weighted by Gasteiger charge is -2.32. The van der Waals surface area contributed by atoms with Crippen LogP contribution < -0.4 is 14.4 Å². The number of rotatable bonds is 15. The minimum absolute atomic E-state index is 0.0355. The lowest BCUT2D eigenvalue weighted by molar-refractivity contribution is -0.141. The van der Waals surface area contributed by atoms with Crippen molar-refractivity contribution in [3.05, 3.63) is 95.0 Å². The molecule has 1 unspecified atom stereocenters. The summed E-state index contributed by atoms with van der Waals surface area (Å²) < 4.78 is 32.1. The minimum Gasteiger partial charge on any atom is -0.494 e. The number of hydrogen-bond acceptors (Lipinski definition) is 5. The predicted molar refractivity (Wildman–Crippen MR) is 168 cm³/mol. The van der Waals surface area contributed by atoms with Gasteiger partial charge in [0.15, 0.2) is 0 Å². The third kappa shape index (κ3) is 9.77. The van der Waals surface area contributed by atoms with E-state index >= 15 is 0 Å². The first-order valence-corrected chi connectivity index (χ1v) is 16.3. The molecule has 0 spiro atoms. The summed E-state index contributed by atoms with van der Waals surface area (Å²) in [5.74, 6) is 0.112. The topological polar surface area (TPSA) is 96.0 Å². The number of halogens is 1. The zero-order chi connectivity index (χ0) is 30.7. The van der Waals surface area contributed by atoms with Crippen LogP contribution in [0.15, 0.2) is 78.9 Å². The molecule has 3 aromatic carbocycles. The molecule has 3 rings (SSSR count). The highest BCUT2D eigenvalue weighted by Gasteiger charge is 2.31. The van der Waals surface area contributed by atoms with Crippen LogP contribution in [-0.2, 0) is 32.6 Å². The van der Waals surface area contributed by atoms with Gasteiger partial charge in [0.2, 0.25) is 21.8 Å². The Hall–Kier alpha value is -3.56. The molecule has 0 heterocycles. The molecule has 0 fully saturated rings. The molecule has 0 aromatic heterocycles. The second-order valence-corrected chi connectivity index (χ2v) is 12.7. The van der Waals surface area contributed by atoms with E-state index in [1.54, 1.807) is 35.2 Å². The van der Waals surface area contributed by atoms with Gasteiger partial charge in [0, 0.05) is 37.0 Å². The Balaban J connectivity index is 1.87. The van der Waals surface area contributed by atoms with Gasteiger partial charge in [0.25, 0.3) is 0 Å². The van der Waals surface area contributed by atoms with Crippen molar-refractivity contribution in [2.24, 2.45) is 0 Å². The fourth-order valence-electron chi connectivity index (χ4n) is 4.62. The normalized spacial score (nSPS) is 12.0. The predicted octanol–water partition coefficient (Wildman–Crippen LogP) is 5.45. The largest absolute Gasteiger partial charge is 0.494 e. The Bertz CT molecular complexity index is 1420. The number of sulfonamides is 1. The van der Waals surface area contributed by atoms with Crippen molar-refractivity contribution in [3.8, 4) is 5.75 Å². The summed E-state index contributed by atoms with van der Waals surface area (Å²) in [5, 5.41) is 3.46. The Morgan fingerprint density at radius 1 is 0.952 bits per heavy atom. The third-order valence-electron chi connectivity index (χ3n) is 6.59. The van der Waals surface area contributed by atoms with Crippen molar-refractivity contribution in [1.82, 2.24) is 10.2 Å². The first-order valence-electron chi connectivity index (χ1n) is 14.1. The molecule has 0 saturated heterocycles. The summed E-state index contributed by atoms with van der Waals surface area (Å²) in [4.78, 5) is 29.0. The first-order chi connectivity index (χ1) is 20.0. The fraction of sp³-hybridized carbons (Fsp3) is 0.375. The lowest BCUT2D eigenvalue weighted by atomic mass is 10.0. The average molecular weight is 614 g/mol. The van der Waals surface area contributed by atoms with E-state index in [9.17, 15) is 18.0 Å². The van der Waals surface area contributed by atoms with Crippen molar-refractivity contribution < 1.29 is 22.7 Å². The Kier molecular flexibility index (Phi) is 12.2. The van der Waals surface area contributed by atoms with Crippen molar-refractivity contribution in [2.75, 3.05) is 23.7 Å². The van der Waals surface area contributed by atoms with Gasteiger partial charge < -0.3 is 15.0 Å². The van der Waals surface area contributed by atoms with Crippen LogP contribution in [0.1, 0.15) is 44.7 Å². The highest BCUT2D eigenvalue weighted by Crippen LogP contribution is 2.24. The van der Waals surface area contributed by atoms with Gasteiger partial charge >= 0.3 is 0 Å². The summed E-state index contributed by atoms with van der Waals surface area (Å²) in [6, 6.07) is 22.7. The van der Waals surface area contributed by atoms with Gasteiger partial charge in [-0.05, 0) is 68.7 Å². The summed E-state index contributed by atoms with van der Waals surface area (Å²) in [5.41, 5.74) is 2.12. The monoisotopic (exact) mass is 613 g/mol. The molecule has 0 radical (unpaired) electrons. The number of ether oxygens (including phenoxy) is 1. The molecule has 2 amide bonds. The molecule has 0 saturated carbocycles. The van der Waals surface area contributed by atoms with Gasteiger partial charge in [-0.2, -0.15) is 0 Å². The maximum atomic E-state index is 13.9. The van der Waals surface area contributed by atoms with Crippen LogP contribution in [-0.4, -0.2) is 56.6 Å². The zero-order valence-electron chi connectivity index (χ0n) is 24.6. The molecule has 0 bridgehead atoms. The van der Waals surface area contributed by atoms with Crippen molar-refractivity contribution in [2.45, 2.75) is 58.7 Å². The second kappa shape index (κ2) is 15.6. The second-order valence-electron chi connectivity index (χ2n) is 10.3. The van der Waals surface area contributed by atoms with Gasteiger partial charge in [-0.25, -0.2) is 8.42 Å². The van der Waals surface area contributed by atoms with Gasteiger partial charge in [-0.3, -0.25) is 13.9 Å². The number of nitrogens with zero attached hydrogens (tertiary/aromatic N) is 2. The van der Waals surface area contributed by atoms with E-state index in [1.807, 2.05) is 69.3 Å². The quantitative estimate of drug-likeness (QED) is 0.246. The summed E-state index contributed by atoms with van der Waals surface area (Å²) in [6.45, 7) is 6.36. The highest BCUT2D eigenvalue weighted by molar-refractivity contribution is 7.92. The van der Waals surface area contributed by atoms with Crippen LogP contribution in [0.3, 0.4) is 0 Å². The SMILES string of the molecule is CCOc1ccc(N(CCCC(=O)N(Cc2ccccc2Cl)C(Cc2ccccc2)C(=O)NC(C)C)S(C)(=O)=O)cc1. The number of hydrogen-bond donors (Lipinski definition) is 1. The molecule has 10 heteroatoms. The van der Waals surface area contributed by atoms with Crippen LogP contribution in [0.25, 0.3) is 0 Å². The fourth-order valence-corrected chi connectivity index (χ4v) is 5.78. The molecular weight excluding hydrogens is 574 g/mol. The van der Waals surface area contributed by atoms with Crippen LogP contribution in [0, 0.1) is 0 Å². The average Bonchev–Trinajstić information content (AvgIpc) is 2.94. The number of amides is 2. The molecule has 0 aliphatic rings. The molecule has 8 nitrogen and oxygen atoms in total. The summed E-state index contributed by atoms with van der Waals surface area (Å²) in [7, 11) is -3.61. The smallest absolute Gasteiger partial charge is 0.243 e. The van der Waals surface area contributed by atoms with E-state index in [0.29, 0.717) is 29.5 Å². The molecule has 1 N–H and O–H groups in total. The summed E-state index contributed by atoms with van der Waals surface area (Å²) in [6.07, 6.45) is 1.74. The number of carbonyl (C=O) groups is 2. The van der Waals surface area contributed by atoms with E-state index in [1.165, 1.54) is 4.31 Å². The Morgan fingerprint density at radius 3 is 2.19 bits per heavy atom. The van der Waals surface area contributed by atoms with E-state index in [0.717, 1.165) is 17.4 Å². The number of carbonyl (C=O) groups excluding carboxylic acids is 2. The van der Waals surface area contributed by atoms with Gasteiger partial charge in [0.1, 0.15) is 11.8 Å². The molecule has 226 valence electrons. The molecule has 0 aliphatic heterocycles. The molecular formula is C32H40ClN3O5S. The van der Waals surface area contributed by atoms with E-state index in [-0.39, 0.29) is 43.8 Å². The van der Waals surface area contributed by atoms with E-state index in [2.05, 4.69) is 5.32 Å². The number of anilines is 1. The van der Waals surface area contributed by atoms with Crippen LogP contribution in [0.4, 0.5) is 5.69 Å². The highest BCUT2D eigenvalue weighted by atomic mass is 35.5. The first kappa shape index (κ1) is 32.9. The van der Waals surface area contributed by atoms with Crippen LogP contribution >= 0.6 is 11.6 Å². The Morgan fingerprint density at radius 2 is 1.60 bits per heavy atom. The molecule has 0 aliphatic carbocycles. The maximum Gasteiger partial charge on any atom is 0.243 e. The molecule has 1 atom stereocenters. The van der Waals surface area contributed by atoms with Gasteiger partial charge in [-0.15, -0.1) is 0 Å². The van der Waals surface area contributed by atoms with Crippen molar-refractivity contribution in [3.63, 3.8) is 0 Å². The molecule has 3 aromatic rings. The van der Waals surface area contributed by atoms with Crippen LogP contribution in [0.2, 0.25) is 5.02 Å². The van der Waals surface area contributed by atoms with E-state index in [4.69, 9.17) is 16.3 Å². The maximum absolute atomic E-state index is 13.9. The van der Waals surface area contributed by atoms with Crippen LogP contribution in [0.5, 0.6) is 5.75 Å². The standard InChI is InChI=1S/C32H40ClN3O5S/c1-5-41-28-19-17-27(18-20-28)36(42(4,39)40)21-11-16-31(37)35(23-26-14-9-10-15-29(26)33)30(32(38)34-24(2)3)22-25-12-7-6-8-13-25/h6-10,12-15,17-20,24,30H,5,11,16,21-23H2,1-4H3,(H,34,38). The van der Waals surface area contributed by atoms with Gasteiger partial charge in [0.05, 0.1) is 18.6 Å².